The molecule has 1 aromatic heterocycles. The highest BCUT2D eigenvalue weighted by Crippen LogP contribution is 2.31. The van der Waals surface area contributed by atoms with Crippen molar-refractivity contribution in [3.63, 3.8) is 0 Å². The smallest absolute Gasteiger partial charge is 0.305 e. The minimum atomic E-state index is -3.16. The number of unbranched alkanes of at least 4 members (excludes halogenated alkanes) is 3. The average molecular weight is 513 g/mol. The van der Waals surface area contributed by atoms with Crippen molar-refractivity contribution < 1.29 is 18.6 Å². The van der Waals surface area contributed by atoms with Gasteiger partial charge in [-0.2, -0.15) is 0 Å². The summed E-state index contributed by atoms with van der Waals surface area (Å²) < 4.78 is 25.0. The average Bonchev–Trinajstić information content (AvgIpc) is 3.16. The maximum absolute atomic E-state index is 12.3. The van der Waals surface area contributed by atoms with Crippen molar-refractivity contribution in [1.29, 1.82) is 0 Å². The molecule has 2 aromatic carbocycles. The maximum Gasteiger partial charge on any atom is 0.305 e. The van der Waals surface area contributed by atoms with E-state index in [1.807, 2.05) is 24.3 Å². The fourth-order valence-corrected chi connectivity index (χ4v) is 6.11. The molecule has 7 nitrogen and oxygen atoms in total. The van der Waals surface area contributed by atoms with Gasteiger partial charge in [0.15, 0.2) is 9.84 Å². The second-order valence-electron chi connectivity index (χ2n) is 8.06. The number of sulfone groups is 1. The number of aliphatic hydroxyl groups is 1. The lowest BCUT2D eigenvalue weighted by Gasteiger charge is -2.13. The van der Waals surface area contributed by atoms with Crippen LogP contribution in [0.5, 0.6) is 5.75 Å². The monoisotopic (exact) mass is 512 g/mol. The summed E-state index contributed by atoms with van der Waals surface area (Å²) in [6.07, 6.45) is 3.48. The van der Waals surface area contributed by atoms with Gasteiger partial charge in [0.25, 0.3) is 0 Å². The van der Waals surface area contributed by atoms with Gasteiger partial charge in [0.2, 0.25) is 0 Å². The molecule has 0 saturated carbocycles. The Labute approximate surface area is 202 Å². The summed E-state index contributed by atoms with van der Waals surface area (Å²) in [7, 11) is -3.16. The van der Waals surface area contributed by atoms with E-state index in [-0.39, 0.29) is 35.2 Å². The zero-order valence-electron chi connectivity index (χ0n) is 18.2. The van der Waals surface area contributed by atoms with Gasteiger partial charge in [-0.05, 0) is 43.0 Å². The molecular weight excluding hydrogens is 484 g/mol. The standard InChI is InChI=1S/C23H29ClN2O5S2/c24-17-8-5-7-16(14-17)6-3-1-2-4-12-33(30,31)13-11-25-15-20(28)18-9-10-19(27)21-22(18)32-23(29)26-21/h5,7-10,14,20,25,27-28H,1-4,6,11-13,15H2,(H,26,29)/t20-/m0/s1. The van der Waals surface area contributed by atoms with E-state index in [1.165, 1.54) is 11.6 Å². The van der Waals surface area contributed by atoms with Gasteiger partial charge in [-0.1, -0.05) is 54.0 Å². The quantitative estimate of drug-likeness (QED) is 0.259. The SMILES string of the molecule is O=c1[nH]c2c(O)ccc([C@@H](O)CNCCS(=O)(=O)CCCCCCc3cccc(Cl)c3)c2s1. The number of aromatic nitrogens is 1. The first kappa shape index (κ1) is 25.7. The third-order valence-electron chi connectivity index (χ3n) is 5.43. The van der Waals surface area contributed by atoms with Gasteiger partial charge in [0, 0.05) is 23.7 Å². The molecule has 180 valence electrons. The van der Waals surface area contributed by atoms with E-state index in [1.54, 1.807) is 6.07 Å². The first-order valence-corrected chi connectivity index (χ1v) is 13.9. The van der Waals surface area contributed by atoms with Gasteiger partial charge < -0.3 is 20.5 Å². The molecule has 3 rings (SSSR count). The summed E-state index contributed by atoms with van der Waals surface area (Å²) in [5.41, 5.74) is 2.01. The second-order valence-corrected chi connectivity index (χ2v) is 11.8. The zero-order valence-corrected chi connectivity index (χ0v) is 20.6. The first-order chi connectivity index (χ1) is 15.7. The van der Waals surface area contributed by atoms with Gasteiger partial charge in [-0.3, -0.25) is 4.79 Å². The van der Waals surface area contributed by atoms with Crippen LogP contribution >= 0.6 is 22.9 Å². The Balaban J connectivity index is 1.33. The highest BCUT2D eigenvalue weighted by Gasteiger charge is 2.16. The third-order valence-corrected chi connectivity index (χ3v) is 8.34. The van der Waals surface area contributed by atoms with Crippen molar-refractivity contribution in [3.05, 3.63) is 62.2 Å². The van der Waals surface area contributed by atoms with E-state index >= 15 is 0 Å². The minimum absolute atomic E-state index is 0.00467. The Kier molecular flexibility index (Phi) is 9.34. The molecule has 3 aromatic rings. The van der Waals surface area contributed by atoms with Gasteiger partial charge in [-0.15, -0.1) is 0 Å². The fraction of sp³-hybridized carbons (Fsp3) is 0.435. The van der Waals surface area contributed by atoms with Crippen molar-refractivity contribution >= 4 is 43.0 Å². The number of halogens is 1. The minimum Gasteiger partial charge on any atom is -0.506 e. The van der Waals surface area contributed by atoms with E-state index in [9.17, 15) is 23.4 Å². The molecule has 10 heteroatoms. The van der Waals surface area contributed by atoms with Crippen molar-refractivity contribution in [2.24, 2.45) is 0 Å². The summed E-state index contributed by atoms with van der Waals surface area (Å²) >= 11 is 6.90. The first-order valence-electron chi connectivity index (χ1n) is 10.9. The number of aliphatic hydroxyl groups excluding tert-OH is 1. The molecule has 0 spiro atoms. The molecule has 0 amide bonds. The number of benzene rings is 2. The van der Waals surface area contributed by atoms with Crippen molar-refractivity contribution in [1.82, 2.24) is 10.3 Å². The van der Waals surface area contributed by atoms with Gasteiger partial charge in [-0.25, -0.2) is 8.42 Å². The van der Waals surface area contributed by atoms with Crippen LogP contribution in [0.15, 0.2) is 41.2 Å². The number of rotatable bonds is 13. The van der Waals surface area contributed by atoms with Crippen LogP contribution in [-0.4, -0.2) is 48.2 Å². The lowest BCUT2D eigenvalue weighted by molar-refractivity contribution is 0.177. The molecule has 4 N–H and O–H groups in total. The van der Waals surface area contributed by atoms with Crippen LogP contribution in [0.3, 0.4) is 0 Å². The highest BCUT2D eigenvalue weighted by atomic mass is 35.5. The van der Waals surface area contributed by atoms with E-state index in [4.69, 9.17) is 11.6 Å². The number of phenols is 1. The number of aryl methyl sites for hydroxylation is 1. The van der Waals surface area contributed by atoms with Crippen LogP contribution in [0.2, 0.25) is 5.02 Å². The summed E-state index contributed by atoms with van der Waals surface area (Å²) in [6.45, 7) is 0.379. The fourth-order valence-electron chi connectivity index (χ4n) is 3.68. The Morgan fingerprint density at radius 3 is 2.67 bits per heavy atom. The number of hydrogen-bond acceptors (Lipinski definition) is 7. The van der Waals surface area contributed by atoms with Crippen LogP contribution in [0.25, 0.3) is 10.2 Å². The molecule has 0 bridgehead atoms. The number of thiazole rings is 1. The van der Waals surface area contributed by atoms with Crippen LogP contribution in [-0.2, 0) is 16.3 Å². The number of H-pyrrole nitrogens is 1. The van der Waals surface area contributed by atoms with E-state index in [0.717, 1.165) is 42.0 Å². The maximum atomic E-state index is 12.3. The van der Waals surface area contributed by atoms with Crippen LogP contribution < -0.4 is 10.2 Å². The Bertz CT molecular complexity index is 1220. The van der Waals surface area contributed by atoms with Crippen molar-refractivity contribution in [2.45, 2.75) is 38.2 Å². The Hall–Kier alpha value is -1.91. The van der Waals surface area contributed by atoms with Crippen molar-refractivity contribution in [2.75, 3.05) is 24.6 Å². The lowest BCUT2D eigenvalue weighted by atomic mass is 10.1. The molecule has 0 aliphatic heterocycles. The van der Waals surface area contributed by atoms with Gasteiger partial charge in [0.1, 0.15) is 11.3 Å². The van der Waals surface area contributed by atoms with Crippen LogP contribution in [0.1, 0.15) is 42.9 Å². The number of hydrogen-bond donors (Lipinski definition) is 4. The third kappa shape index (κ3) is 7.82. The molecule has 0 aliphatic carbocycles. The summed E-state index contributed by atoms with van der Waals surface area (Å²) in [4.78, 5) is 13.8. The number of nitrogens with one attached hydrogen (secondary N) is 2. The van der Waals surface area contributed by atoms with E-state index < -0.39 is 15.9 Å². The molecule has 0 saturated heterocycles. The van der Waals surface area contributed by atoms with Crippen LogP contribution in [0.4, 0.5) is 0 Å². The molecule has 33 heavy (non-hydrogen) atoms. The predicted octanol–water partition coefficient (Wildman–Crippen LogP) is 3.79. The number of phenolic OH excluding ortho intramolecular Hbond substituents is 1. The summed E-state index contributed by atoms with van der Waals surface area (Å²) in [6, 6.07) is 10.8. The lowest BCUT2D eigenvalue weighted by Crippen LogP contribution is -2.28. The Morgan fingerprint density at radius 2 is 1.88 bits per heavy atom. The molecule has 1 atom stereocenters. The number of aromatic amines is 1. The normalized spacial score (nSPS) is 12.9. The molecule has 0 aliphatic rings. The van der Waals surface area contributed by atoms with Gasteiger partial charge >= 0.3 is 4.87 Å². The van der Waals surface area contributed by atoms with E-state index in [0.29, 0.717) is 22.2 Å². The molecular formula is C23H29ClN2O5S2. The largest absolute Gasteiger partial charge is 0.506 e. The number of aromatic hydroxyl groups is 1. The Morgan fingerprint density at radius 1 is 1.09 bits per heavy atom. The molecule has 0 unspecified atom stereocenters. The summed E-state index contributed by atoms with van der Waals surface area (Å²) in [5, 5.41) is 24.0. The topological polar surface area (TPSA) is 119 Å². The molecule has 0 fully saturated rings. The summed E-state index contributed by atoms with van der Waals surface area (Å²) in [5.74, 6) is 0.109. The second kappa shape index (κ2) is 12.0. The zero-order chi connectivity index (χ0) is 23.8. The molecule has 0 radical (unpaired) electrons. The predicted molar refractivity (Wildman–Crippen MR) is 134 cm³/mol. The molecule has 1 heterocycles. The van der Waals surface area contributed by atoms with Crippen molar-refractivity contribution in [3.8, 4) is 5.75 Å². The number of fused-ring (bicyclic) bond motifs is 1. The van der Waals surface area contributed by atoms with Crippen LogP contribution in [0, 0.1) is 0 Å². The highest BCUT2D eigenvalue weighted by molar-refractivity contribution is 7.91. The van der Waals surface area contributed by atoms with Gasteiger partial charge in [0.05, 0.1) is 22.3 Å². The van der Waals surface area contributed by atoms with E-state index in [2.05, 4.69) is 10.3 Å².